The van der Waals surface area contributed by atoms with Crippen LogP contribution < -0.4 is 20.7 Å². The maximum absolute atomic E-state index is 5.20. The van der Waals surface area contributed by atoms with Gasteiger partial charge in [-0.25, -0.2) is 9.97 Å². The number of nitrogens with one attached hydrogen (secondary N) is 3. The molecule has 6 heteroatoms. The van der Waals surface area contributed by atoms with E-state index in [9.17, 15) is 0 Å². The molecular formula is C23H27N5O. The van der Waals surface area contributed by atoms with Crippen LogP contribution in [-0.4, -0.2) is 29.7 Å². The Bertz CT molecular complexity index is 916. The smallest absolute Gasteiger partial charge is 0.212 e. The van der Waals surface area contributed by atoms with Crippen molar-refractivity contribution >= 4 is 11.5 Å². The first-order chi connectivity index (χ1) is 14.3. The van der Waals surface area contributed by atoms with E-state index in [-0.39, 0.29) is 18.1 Å². The van der Waals surface area contributed by atoms with Crippen molar-refractivity contribution < 1.29 is 4.74 Å². The van der Waals surface area contributed by atoms with Gasteiger partial charge in [-0.15, -0.1) is 0 Å². The number of nitrogens with zero attached hydrogens (tertiary/aromatic N) is 2. The zero-order valence-corrected chi connectivity index (χ0v) is 16.8. The molecule has 0 amide bonds. The Morgan fingerprint density at radius 2 is 1.93 bits per heavy atom. The highest BCUT2D eigenvalue weighted by Crippen LogP contribution is 2.31. The highest BCUT2D eigenvalue weighted by atomic mass is 16.5. The molecule has 4 rings (SSSR count). The third-order valence-corrected chi connectivity index (χ3v) is 5.36. The molecule has 1 aliphatic heterocycles. The van der Waals surface area contributed by atoms with E-state index in [0.717, 1.165) is 30.0 Å². The molecule has 1 aliphatic rings. The molecule has 3 N–H and O–H groups in total. The second-order valence-corrected chi connectivity index (χ2v) is 7.18. The minimum absolute atomic E-state index is 0.103. The number of hydrogen-bond acceptors (Lipinski definition) is 6. The predicted octanol–water partition coefficient (Wildman–Crippen LogP) is 4.17. The fourth-order valence-corrected chi connectivity index (χ4v) is 3.80. The fraction of sp³-hybridized carbons (Fsp3) is 0.304. The average molecular weight is 390 g/mol. The summed E-state index contributed by atoms with van der Waals surface area (Å²) < 4.78 is 5.20. The molecule has 3 aromatic rings. The van der Waals surface area contributed by atoms with E-state index in [4.69, 9.17) is 4.74 Å². The third-order valence-electron chi connectivity index (χ3n) is 5.36. The third kappa shape index (κ3) is 4.32. The van der Waals surface area contributed by atoms with E-state index in [2.05, 4.69) is 69.2 Å². The van der Waals surface area contributed by atoms with Crippen molar-refractivity contribution in [2.75, 3.05) is 24.3 Å². The molecule has 0 saturated carbocycles. The number of pyridine rings is 2. The van der Waals surface area contributed by atoms with Gasteiger partial charge in [0.25, 0.3) is 0 Å². The number of anilines is 2. The summed E-state index contributed by atoms with van der Waals surface area (Å²) in [5, 5.41) is 11.0. The van der Waals surface area contributed by atoms with E-state index in [1.165, 1.54) is 5.56 Å². The molecule has 29 heavy (non-hydrogen) atoms. The number of fused-ring (bicyclic) bond motifs is 1. The summed E-state index contributed by atoms with van der Waals surface area (Å²) in [6.45, 7) is 3.00. The van der Waals surface area contributed by atoms with Gasteiger partial charge in [0.2, 0.25) is 5.88 Å². The summed E-state index contributed by atoms with van der Waals surface area (Å²) >= 11 is 0. The Labute approximate surface area is 171 Å². The summed E-state index contributed by atoms with van der Waals surface area (Å²) in [5.41, 5.74) is 3.43. The number of hydrogen-bond donors (Lipinski definition) is 3. The lowest BCUT2D eigenvalue weighted by Gasteiger charge is -2.36. The lowest BCUT2D eigenvalue weighted by Crippen LogP contribution is -2.45. The fourth-order valence-electron chi connectivity index (χ4n) is 3.80. The van der Waals surface area contributed by atoms with Gasteiger partial charge in [0, 0.05) is 31.0 Å². The molecule has 0 saturated heterocycles. The Kier molecular flexibility index (Phi) is 5.91. The Morgan fingerprint density at radius 3 is 2.66 bits per heavy atom. The molecule has 0 bridgehead atoms. The largest absolute Gasteiger partial charge is 0.481 e. The lowest BCUT2D eigenvalue weighted by atomic mass is 9.95. The van der Waals surface area contributed by atoms with Crippen molar-refractivity contribution in [1.29, 1.82) is 0 Å². The molecule has 0 radical (unpaired) electrons. The van der Waals surface area contributed by atoms with E-state index in [1.54, 1.807) is 7.11 Å². The molecule has 6 nitrogen and oxygen atoms in total. The first-order valence-electron chi connectivity index (χ1n) is 10.0. The molecule has 3 atom stereocenters. The van der Waals surface area contributed by atoms with Gasteiger partial charge in [-0.05, 0) is 29.7 Å². The summed E-state index contributed by atoms with van der Waals surface area (Å²) in [6, 6.07) is 19.0. The van der Waals surface area contributed by atoms with Crippen LogP contribution in [0.2, 0.25) is 0 Å². The summed E-state index contributed by atoms with van der Waals surface area (Å²) in [5.74, 6) is 1.52. The molecule has 1 unspecified atom stereocenters. The highest BCUT2D eigenvalue weighted by molar-refractivity contribution is 5.67. The average Bonchev–Trinajstić information content (AvgIpc) is 2.80. The van der Waals surface area contributed by atoms with Crippen molar-refractivity contribution in [3.8, 4) is 5.88 Å². The minimum atomic E-state index is 0.103. The van der Waals surface area contributed by atoms with Gasteiger partial charge in [0.1, 0.15) is 5.82 Å². The van der Waals surface area contributed by atoms with Crippen LogP contribution in [0.25, 0.3) is 0 Å². The van der Waals surface area contributed by atoms with Gasteiger partial charge < -0.3 is 20.7 Å². The van der Waals surface area contributed by atoms with Crippen molar-refractivity contribution in [2.24, 2.45) is 0 Å². The van der Waals surface area contributed by atoms with Gasteiger partial charge in [0.15, 0.2) is 0 Å². The Morgan fingerprint density at radius 1 is 1.07 bits per heavy atom. The Balaban J connectivity index is 1.60. The standard InChI is InChI=1S/C23H27N5O/c1-3-18(17-11-12-21(29-2)26-14-17)27-22(16-8-5-4-6-9-16)20-15-25-19-10-7-13-24-23(19)28-20/h4-14,18,20,22,25,27H,3,15H2,1-2H3,(H,24,28)/t18?,20-,22-/m1/s1. The molecule has 150 valence electrons. The molecule has 1 aromatic carbocycles. The second kappa shape index (κ2) is 8.92. The number of benzene rings is 1. The highest BCUT2D eigenvalue weighted by Gasteiger charge is 2.29. The lowest BCUT2D eigenvalue weighted by molar-refractivity contribution is 0.388. The van der Waals surface area contributed by atoms with Crippen LogP contribution in [0.15, 0.2) is 67.0 Å². The van der Waals surface area contributed by atoms with Crippen LogP contribution >= 0.6 is 0 Å². The molecule has 0 fully saturated rings. The zero-order valence-electron chi connectivity index (χ0n) is 16.8. The van der Waals surface area contributed by atoms with Crippen LogP contribution in [0.3, 0.4) is 0 Å². The zero-order chi connectivity index (χ0) is 20.1. The number of ether oxygens (including phenoxy) is 1. The first-order valence-corrected chi connectivity index (χ1v) is 10.0. The summed E-state index contributed by atoms with van der Waals surface area (Å²) in [6.07, 6.45) is 4.66. The van der Waals surface area contributed by atoms with Crippen molar-refractivity contribution in [3.63, 3.8) is 0 Å². The quantitative estimate of drug-likeness (QED) is 0.563. The SMILES string of the molecule is CCC(N[C@H](c1ccccc1)[C@H]1CNc2cccnc2N1)c1ccc(OC)nc1. The topological polar surface area (TPSA) is 71.1 Å². The Hall–Kier alpha value is -3.12. The van der Waals surface area contributed by atoms with E-state index >= 15 is 0 Å². The molecule has 3 heterocycles. The van der Waals surface area contributed by atoms with Crippen LogP contribution in [0.1, 0.15) is 36.6 Å². The number of methoxy groups -OCH3 is 1. The van der Waals surface area contributed by atoms with Crippen LogP contribution in [0, 0.1) is 0 Å². The summed E-state index contributed by atoms with van der Waals surface area (Å²) in [4.78, 5) is 8.88. The van der Waals surface area contributed by atoms with Crippen LogP contribution in [0.4, 0.5) is 11.5 Å². The minimum Gasteiger partial charge on any atom is -0.481 e. The molecule has 0 spiro atoms. The number of rotatable bonds is 7. The first kappa shape index (κ1) is 19.2. The normalized spacial score (nSPS) is 17.4. The van der Waals surface area contributed by atoms with Gasteiger partial charge in [0.05, 0.1) is 24.9 Å². The maximum atomic E-state index is 5.20. The van der Waals surface area contributed by atoms with Crippen molar-refractivity contribution in [1.82, 2.24) is 15.3 Å². The van der Waals surface area contributed by atoms with Gasteiger partial charge in [-0.3, -0.25) is 0 Å². The van der Waals surface area contributed by atoms with Crippen LogP contribution in [-0.2, 0) is 0 Å². The van der Waals surface area contributed by atoms with Crippen LogP contribution in [0.5, 0.6) is 5.88 Å². The van der Waals surface area contributed by atoms with Crippen molar-refractivity contribution in [3.05, 3.63) is 78.1 Å². The molecule has 0 aliphatic carbocycles. The number of aromatic nitrogens is 2. The van der Waals surface area contributed by atoms with E-state index in [0.29, 0.717) is 5.88 Å². The van der Waals surface area contributed by atoms with Gasteiger partial charge >= 0.3 is 0 Å². The monoisotopic (exact) mass is 389 g/mol. The predicted molar refractivity (Wildman–Crippen MR) is 116 cm³/mol. The van der Waals surface area contributed by atoms with E-state index in [1.807, 2.05) is 30.6 Å². The van der Waals surface area contributed by atoms with Gasteiger partial charge in [-0.1, -0.05) is 43.3 Å². The molecule has 2 aromatic heterocycles. The summed E-state index contributed by atoms with van der Waals surface area (Å²) in [7, 11) is 1.64. The molecular weight excluding hydrogens is 362 g/mol. The van der Waals surface area contributed by atoms with Crippen molar-refractivity contribution in [2.45, 2.75) is 31.5 Å². The van der Waals surface area contributed by atoms with Gasteiger partial charge in [-0.2, -0.15) is 0 Å². The maximum Gasteiger partial charge on any atom is 0.212 e. The second-order valence-electron chi connectivity index (χ2n) is 7.18. The van der Waals surface area contributed by atoms with E-state index < -0.39 is 0 Å².